The van der Waals surface area contributed by atoms with Gasteiger partial charge in [-0.1, -0.05) is 31.2 Å². The Kier molecular flexibility index (Phi) is 8.19. The van der Waals surface area contributed by atoms with Crippen LogP contribution in [-0.4, -0.2) is 35.9 Å². The molecule has 156 valence electrons. The van der Waals surface area contributed by atoms with Crippen molar-refractivity contribution in [3.63, 3.8) is 0 Å². The third-order valence-corrected chi connectivity index (χ3v) is 4.57. The van der Waals surface area contributed by atoms with Gasteiger partial charge in [-0.05, 0) is 55.7 Å². The Hall–Kier alpha value is -2.89. The molecule has 0 aliphatic heterocycles. The van der Waals surface area contributed by atoms with Gasteiger partial charge in [0.1, 0.15) is 17.6 Å². The summed E-state index contributed by atoms with van der Waals surface area (Å²) >= 11 is 0. The van der Waals surface area contributed by atoms with Crippen molar-refractivity contribution < 1.29 is 18.7 Å². The lowest BCUT2D eigenvalue weighted by molar-refractivity contribution is -0.141. The van der Waals surface area contributed by atoms with Crippen molar-refractivity contribution in [1.82, 2.24) is 10.2 Å². The first-order valence-electron chi connectivity index (χ1n) is 9.81. The van der Waals surface area contributed by atoms with Gasteiger partial charge in [-0.2, -0.15) is 0 Å². The van der Waals surface area contributed by atoms with Gasteiger partial charge in [-0.25, -0.2) is 4.39 Å². The quantitative estimate of drug-likeness (QED) is 0.698. The topological polar surface area (TPSA) is 58.6 Å². The number of amides is 2. The zero-order valence-electron chi connectivity index (χ0n) is 17.4. The third-order valence-electron chi connectivity index (χ3n) is 4.57. The minimum absolute atomic E-state index is 0.0255. The minimum atomic E-state index is -0.600. The van der Waals surface area contributed by atoms with Gasteiger partial charge in [0.05, 0.1) is 13.5 Å². The number of nitrogens with one attached hydrogen (secondary N) is 1. The average Bonchev–Trinajstić information content (AvgIpc) is 2.69. The maximum Gasteiger partial charge on any atom is 0.243 e. The molecule has 2 amide bonds. The number of benzene rings is 2. The molecule has 0 saturated carbocycles. The lowest BCUT2D eigenvalue weighted by Crippen LogP contribution is -2.50. The van der Waals surface area contributed by atoms with Crippen LogP contribution in [-0.2, 0) is 22.6 Å². The fraction of sp³-hybridized carbons (Fsp3) is 0.391. The summed E-state index contributed by atoms with van der Waals surface area (Å²) in [6.07, 6.45) is 0.577. The molecule has 0 aliphatic rings. The highest BCUT2D eigenvalue weighted by atomic mass is 19.1. The highest BCUT2D eigenvalue weighted by Crippen LogP contribution is 2.18. The summed E-state index contributed by atoms with van der Waals surface area (Å²) in [5.41, 5.74) is 1.57. The minimum Gasteiger partial charge on any atom is -0.497 e. The molecule has 0 bridgehead atoms. The number of carbonyl (C=O) groups is 2. The van der Waals surface area contributed by atoms with Crippen LogP contribution in [0.2, 0.25) is 0 Å². The highest BCUT2D eigenvalue weighted by molar-refractivity contribution is 5.88. The van der Waals surface area contributed by atoms with Crippen molar-refractivity contribution >= 4 is 11.8 Å². The maximum absolute atomic E-state index is 13.2. The van der Waals surface area contributed by atoms with Crippen LogP contribution in [0.5, 0.6) is 5.75 Å². The van der Waals surface area contributed by atoms with Crippen LogP contribution in [0.1, 0.15) is 38.3 Å². The van der Waals surface area contributed by atoms with Crippen LogP contribution >= 0.6 is 0 Å². The van der Waals surface area contributed by atoms with E-state index in [0.29, 0.717) is 17.7 Å². The highest BCUT2D eigenvalue weighted by Gasteiger charge is 2.29. The first-order valence-corrected chi connectivity index (χ1v) is 9.81. The molecule has 0 fully saturated rings. The van der Waals surface area contributed by atoms with Crippen LogP contribution in [0, 0.1) is 5.82 Å². The normalized spacial score (nSPS) is 11.8. The Morgan fingerprint density at radius 2 is 1.79 bits per heavy atom. The van der Waals surface area contributed by atoms with Crippen molar-refractivity contribution in [3.05, 3.63) is 65.5 Å². The van der Waals surface area contributed by atoms with E-state index in [1.54, 1.807) is 24.1 Å². The van der Waals surface area contributed by atoms with Crippen LogP contribution in [0.4, 0.5) is 4.39 Å². The summed E-state index contributed by atoms with van der Waals surface area (Å²) < 4.78 is 18.5. The summed E-state index contributed by atoms with van der Waals surface area (Å²) in [4.78, 5) is 27.5. The largest absolute Gasteiger partial charge is 0.497 e. The summed E-state index contributed by atoms with van der Waals surface area (Å²) in [5, 5.41) is 2.90. The van der Waals surface area contributed by atoms with E-state index in [4.69, 9.17) is 4.74 Å². The second-order valence-electron chi connectivity index (χ2n) is 7.26. The Labute approximate surface area is 171 Å². The number of carbonyl (C=O) groups excluding carboxylic acids is 2. The maximum atomic E-state index is 13.2. The molecule has 0 heterocycles. The summed E-state index contributed by atoms with van der Waals surface area (Å²) in [5.74, 6) is -0.0340. The number of hydrogen-bond acceptors (Lipinski definition) is 3. The van der Waals surface area contributed by atoms with E-state index >= 15 is 0 Å². The lowest BCUT2D eigenvalue weighted by atomic mass is 10.1. The van der Waals surface area contributed by atoms with E-state index in [-0.39, 0.29) is 36.6 Å². The van der Waals surface area contributed by atoms with E-state index < -0.39 is 6.04 Å². The van der Waals surface area contributed by atoms with Gasteiger partial charge in [0.2, 0.25) is 11.8 Å². The second kappa shape index (κ2) is 10.6. The molecule has 0 aromatic heterocycles. The van der Waals surface area contributed by atoms with Crippen LogP contribution in [0.3, 0.4) is 0 Å². The number of methoxy groups -OCH3 is 1. The molecule has 0 unspecified atom stereocenters. The summed E-state index contributed by atoms with van der Waals surface area (Å²) in [6.45, 7) is 5.93. The van der Waals surface area contributed by atoms with Gasteiger partial charge in [0.25, 0.3) is 0 Å². The van der Waals surface area contributed by atoms with Crippen molar-refractivity contribution in [2.45, 2.75) is 52.2 Å². The monoisotopic (exact) mass is 400 g/mol. The predicted octanol–water partition coefficient (Wildman–Crippen LogP) is 3.71. The van der Waals surface area contributed by atoms with Crippen molar-refractivity contribution in [2.24, 2.45) is 0 Å². The molecule has 2 aromatic rings. The molecular weight excluding hydrogens is 371 g/mol. The second-order valence-corrected chi connectivity index (χ2v) is 7.26. The smallest absolute Gasteiger partial charge is 0.243 e. The van der Waals surface area contributed by atoms with Crippen molar-refractivity contribution in [2.75, 3.05) is 7.11 Å². The van der Waals surface area contributed by atoms with Crippen molar-refractivity contribution in [3.8, 4) is 5.75 Å². The molecule has 29 heavy (non-hydrogen) atoms. The van der Waals surface area contributed by atoms with Gasteiger partial charge in [-0.3, -0.25) is 9.59 Å². The van der Waals surface area contributed by atoms with Crippen LogP contribution in [0.15, 0.2) is 48.5 Å². The van der Waals surface area contributed by atoms with Gasteiger partial charge in [0, 0.05) is 12.6 Å². The molecule has 0 saturated heterocycles. The van der Waals surface area contributed by atoms with Crippen molar-refractivity contribution in [1.29, 1.82) is 0 Å². The molecule has 0 spiro atoms. The lowest BCUT2D eigenvalue weighted by Gasteiger charge is -2.31. The van der Waals surface area contributed by atoms with Crippen LogP contribution < -0.4 is 10.1 Å². The zero-order chi connectivity index (χ0) is 21.4. The molecule has 2 aromatic carbocycles. The Balaban J connectivity index is 2.30. The Morgan fingerprint density at radius 3 is 2.38 bits per heavy atom. The predicted molar refractivity (Wildman–Crippen MR) is 111 cm³/mol. The number of nitrogens with zero attached hydrogens (tertiary/aromatic N) is 1. The van der Waals surface area contributed by atoms with Gasteiger partial charge >= 0.3 is 0 Å². The van der Waals surface area contributed by atoms with E-state index in [9.17, 15) is 14.0 Å². The molecule has 5 nitrogen and oxygen atoms in total. The van der Waals surface area contributed by atoms with E-state index in [2.05, 4.69) is 5.32 Å². The summed E-state index contributed by atoms with van der Waals surface area (Å²) in [7, 11) is 1.58. The Morgan fingerprint density at radius 1 is 1.10 bits per heavy atom. The van der Waals surface area contributed by atoms with Gasteiger partial charge in [0.15, 0.2) is 0 Å². The molecule has 6 heteroatoms. The first-order chi connectivity index (χ1) is 13.8. The van der Waals surface area contributed by atoms with E-state index in [1.807, 2.05) is 45.0 Å². The third kappa shape index (κ3) is 6.59. The molecule has 0 radical (unpaired) electrons. The number of hydrogen-bond donors (Lipinski definition) is 1. The Bertz CT molecular complexity index is 821. The number of rotatable bonds is 9. The molecule has 2 rings (SSSR count). The average molecular weight is 400 g/mol. The zero-order valence-corrected chi connectivity index (χ0v) is 17.4. The molecule has 1 atom stereocenters. The van der Waals surface area contributed by atoms with Crippen LogP contribution in [0.25, 0.3) is 0 Å². The first kappa shape index (κ1) is 22.4. The molecule has 1 N–H and O–H groups in total. The standard InChI is InChI=1S/C23H29FN2O3/c1-5-21(23(28)25-16(2)3)26(15-18-7-6-8-20(13-18)29-4)22(27)14-17-9-11-19(24)12-10-17/h6-13,16,21H,5,14-15H2,1-4H3,(H,25,28)/t21-/m0/s1. The molecule has 0 aliphatic carbocycles. The molecular formula is C23H29FN2O3. The number of ether oxygens (including phenoxy) is 1. The SMILES string of the molecule is CC[C@@H](C(=O)NC(C)C)N(Cc1cccc(OC)c1)C(=O)Cc1ccc(F)cc1. The number of halogens is 1. The van der Waals surface area contributed by atoms with E-state index in [1.165, 1.54) is 12.1 Å². The van der Waals surface area contributed by atoms with Gasteiger partial charge < -0.3 is 15.0 Å². The fourth-order valence-electron chi connectivity index (χ4n) is 3.15. The van der Waals surface area contributed by atoms with Gasteiger partial charge in [-0.15, -0.1) is 0 Å². The summed E-state index contributed by atoms with van der Waals surface area (Å²) in [6, 6.07) is 12.6. The van der Waals surface area contributed by atoms with E-state index in [0.717, 1.165) is 5.56 Å². The fourth-order valence-corrected chi connectivity index (χ4v) is 3.15.